The van der Waals surface area contributed by atoms with Gasteiger partial charge < -0.3 is 36.9 Å². The molecule has 0 spiro atoms. The normalized spacial score (nSPS) is 10.3. The highest BCUT2D eigenvalue weighted by Crippen LogP contribution is 2.28. The van der Waals surface area contributed by atoms with Crippen molar-refractivity contribution < 1.29 is 34.1 Å². The molecule has 31 heavy (non-hydrogen) atoms. The van der Waals surface area contributed by atoms with Gasteiger partial charge in [0, 0.05) is 35.3 Å². The molecule has 10 nitrogen and oxygen atoms in total. The summed E-state index contributed by atoms with van der Waals surface area (Å²) in [7, 11) is 0. The summed E-state index contributed by atoms with van der Waals surface area (Å²) in [5.41, 5.74) is 16.5. The van der Waals surface area contributed by atoms with Gasteiger partial charge in [0.25, 0.3) is 0 Å². The van der Waals surface area contributed by atoms with E-state index >= 15 is 0 Å². The van der Waals surface area contributed by atoms with E-state index in [1.807, 2.05) is 0 Å². The van der Waals surface area contributed by atoms with Gasteiger partial charge in [0.1, 0.15) is 33.9 Å². The molecular weight excluding hydrogens is 406 g/mol. The maximum atomic E-state index is 12.5. The molecule has 0 aliphatic heterocycles. The van der Waals surface area contributed by atoms with Crippen molar-refractivity contribution in [3.63, 3.8) is 0 Å². The van der Waals surface area contributed by atoms with Gasteiger partial charge in [-0.15, -0.1) is 0 Å². The van der Waals surface area contributed by atoms with Gasteiger partial charge in [-0.25, -0.2) is 14.4 Å². The Morgan fingerprint density at radius 3 is 1.55 bits per heavy atom. The van der Waals surface area contributed by atoms with Crippen LogP contribution in [0.4, 0.5) is 17.1 Å². The van der Waals surface area contributed by atoms with E-state index in [0.717, 1.165) is 12.1 Å². The largest absolute Gasteiger partial charge is 0.507 e. The van der Waals surface area contributed by atoms with Crippen LogP contribution >= 0.6 is 0 Å². The van der Waals surface area contributed by atoms with Crippen LogP contribution in [0.15, 0.2) is 54.6 Å². The summed E-state index contributed by atoms with van der Waals surface area (Å²) in [6, 6.07) is 11.1. The van der Waals surface area contributed by atoms with Crippen LogP contribution in [0.2, 0.25) is 0 Å². The predicted molar refractivity (Wildman–Crippen MR) is 111 cm³/mol. The van der Waals surface area contributed by atoms with Crippen LogP contribution < -0.4 is 21.9 Å². The highest BCUT2D eigenvalue weighted by atomic mass is 16.6. The minimum Gasteiger partial charge on any atom is -0.507 e. The summed E-state index contributed by atoms with van der Waals surface area (Å²) in [5.74, 6) is -4.51. The molecule has 0 saturated carbocycles. The van der Waals surface area contributed by atoms with Crippen LogP contribution in [0.5, 0.6) is 17.2 Å². The molecule has 0 aliphatic carbocycles. The first-order valence-corrected chi connectivity index (χ1v) is 8.71. The number of phenolic OH excluding ortho intramolecular Hbond substituents is 2. The first kappa shape index (κ1) is 21.0. The van der Waals surface area contributed by atoms with E-state index in [1.54, 1.807) is 0 Å². The highest BCUT2D eigenvalue weighted by Gasteiger charge is 2.23. The minimum absolute atomic E-state index is 0.156. The molecule has 0 heterocycles. The molecule has 0 amide bonds. The van der Waals surface area contributed by atoms with E-state index in [9.17, 15) is 24.6 Å². The van der Waals surface area contributed by atoms with Gasteiger partial charge in [0.15, 0.2) is 0 Å². The van der Waals surface area contributed by atoms with Crippen molar-refractivity contribution in [1.29, 1.82) is 0 Å². The van der Waals surface area contributed by atoms with Crippen molar-refractivity contribution in [3.05, 3.63) is 71.3 Å². The number of nitrogen functional groups attached to an aromatic ring is 3. The molecule has 0 fully saturated rings. The Morgan fingerprint density at radius 1 is 0.613 bits per heavy atom. The second-order valence-electron chi connectivity index (χ2n) is 6.38. The zero-order valence-electron chi connectivity index (χ0n) is 15.9. The zero-order chi connectivity index (χ0) is 22.7. The molecule has 0 saturated heterocycles. The quantitative estimate of drug-likeness (QED) is 0.180. The van der Waals surface area contributed by atoms with Gasteiger partial charge in [0.2, 0.25) is 0 Å². The first-order valence-electron chi connectivity index (χ1n) is 8.71. The van der Waals surface area contributed by atoms with E-state index in [1.165, 1.54) is 42.5 Å². The summed E-state index contributed by atoms with van der Waals surface area (Å²) in [4.78, 5) is 37.2. The number of hydrogen-bond acceptors (Lipinski definition) is 10. The molecule has 0 radical (unpaired) electrons. The summed E-state index contributed by atoms with van der Waals surface area (Å²) in [5, 5.41) is 19.7. The predicted octanol–water partition coefficient (Wildman–Crippen LogP) is 2.06. The Balaban J connectivity index is 1.85. The second-order valence-corrected chi connectivity index (χ2v) is 6.38. The summed E-state index contributed by atoms with van der Waals surface area (Å²) >= 11 is 0. The van der Waals surface area contributed by atoms with E-state index in [0.29, 0.717) is 0 Å². The SMILES string of the molecule is Nc1ccc(C(=O)OC(=O)c2ccc(N)cc2OC(=O)c2ccc(N)cc2O)c(O)c1. The third-order valence-electron chi connectivity index (χ3n) is 4.10. The van der Waals surface area contributed by atoms with Crippen LogP contribution in [0.1, 0.15) is 31.1 Å². The minimum atomic E-state index is -1.16. The van der Waals surface area contributed by atoms with Crippen LogP contribution in [0.25, 0.3) is 0 Å². The van der Waals surface area contributed by atoms with Crippen LogP contribution in [0.3, 0.4) is 0 Å². The molecule has 0 bridgehead atoms. The molecule has 0 aromatic heterocycles. The van der Waals surface area contributed by atoms with Gasteiger partial charge >= 0.3 is 17.9 Å². The zero-order valence-corrected chi connectivity index (χ0v) is 15.9. The average Bonchev–Trinajstić information content (AvgIpc) is 2.67. The molecule has 8 N–H and O–H groups in total. The lowest BCUT2D eigenvalue weighted by molar-refractivity contribution is 0.0394. The number of ether oxygens (including phenoxy) is 2. The van der Waals surface area contributed by atoms with Crippen LogP contribution in [0, 0.1) is 0 Å². The van der Waals surface area contributed by atoms with E-state index < -0.39 is 29.4 Å². The molecule has 0 atom stereocenters. The number of anilines is 3. The fourth-order valence-electron chi connectivity index (χ4n) is 2.58. The number of nitrogens with two attached hydrogens (primary N) is 3. The third kappa shape index (κ3) is 4.65. The molecule has 10 heteroatoms. The molecule has 3 aromatic rings. The van der Waals surface area contributed by atoms with Gasteiger partial charge in [-0.3, -0.25) is 0 Å². The molecule has 0 aliphatic rings. The average molecular weight is 423 g/mol. The van der Waals surface area contributed by atoms with Crippen molar-refractivity contribution in [3.8, 4) is 17.2 Å². The molecule has 158 valence electrons. The number of hydrogen-bond donors (Lipinski definition) is 5. The number of carbonyl (C=O) groups is 3. The Morgan fingerprint density at radius 2 is 1.03 bits per heavy atom. The Bertz CT molecular complexity index is 1210. The van der Waals surface area contributed by atoms with Gasteiger partial charge in [-0.2, -0.15) is 0 Å². The van der Waals surface area contributed by atoms with Crippen molar-refractivity contribution in [2.45, 2.75) is 0 Å². The maximum Gasteiger partial charge on any atom is 0.349 e. The lowest BCUT2D eigenvalue weighted by Crippen LogP contribution is -2.16. The summed E-state index contributed by atoms with van der Waals surface area (Å²) in [6.45, 7) is 0. The fraction of sp³-hybridized carbons (Fsp3) is 0. The summed E-state index contributed by atoms with van der Waals surface area (Å²) < 4.78 is 9.96. The van der Waals surface area contributed by atoms with E-state index in [-0.39, 0.29) is 39.5 Å². The van der Waals surface area contributed by atoms with Crippen molar-refractivity contribution >= 4 is 35.0 Å². The molecule has 3 aromatic carbocycles. The molecule has 0 unspecified atom stereocenters. The van der Waals surface area contributed by atoms with E-state index in [2.05, 4.69) is 0 Å². The lowest BCUT2D eigenvalue weighted by atomic mass is 10.1. The summed E-state index contributed by atoms with van der Waals surface area (Å²) in [6.07, 6.45) is 0. The topological polar surface area (TPSA) is 188 Å². The second kappa shape index (κ2) is 8.33. The van der Waals surface area contributed by atoms with Crippen molar-refractivity contribution in [1.82, 2.24) is 0 Å². The fourth-order valence-corrected chi connectivity index (χ4v) is 2.58. The van der Waals surface area contributed by atoms with Crippen molar-refractivity contribution in [2.24, 2.45) is 0 Å². The number of rotatable bonds is 4. The Kier molecular flexibility index (Phi) is 5.64. The van der Waals surface area contributed by atoms with Gasteiger partial charge in [-0.1, -0.05) is 0 Å². The van der Waals surface area contributed by atoms with Crippen LogP contribution in [-0.4, -0.2) is 28.1 Å². The molecular formula is C21H17N3O7. The Hall–Kier alpha value is -4.73. The smallest absolute Gasteiger partial charge is 0.349 e. The monoisotopic (exact) mass is 423 g/mol. The van der Waals surface area contributed by atoms with E-state index in [4.69, 9.17) is 26.7 Å². The Labute approximate surface area is 175 Å². The first-order chi connectivity index (χ1) is 14.7. The van der Waals surface area contributed by atoms with Crippen LogP contribution in [-0.2, 0) is 4.74 Å². The lowest BCUT2D eigenvalue weighted by Gasteiger charge is -2.11. The number of phenols is 2. The van der Waals surface area contributed by atoms with Gasteiger partial charge in [0.05, 0.1) is 0 Å². The number of esters is 3. The van der Waals surface area contributed by atoms with Gasteiger partial charge in [-0.05, 0) is 36.4 Å². The standard InChI is InChI=1S/C21H17N3O7/c22-10-1-4-13(16(25)7-10)19(27)30-18-9-12(24)3-6-15(18)21(29)31-20(28)14-5-2-11(23)8-17(14)26/h1-9,25-26H,22-24H2. The van der Waals surface area contributed by atoms with Crippen molar-refractivity contribution in [2.75, 3.05) is 17.2 Å². The highest BCUT2D eigenvalue weighted by molar-refractivity contribution is 6.06. The molecule has 3 rings (SSSR count). The number of aromatic hydroxyl groups is 2. The number of benzene rings is 3. The maximum absolute atomic E-state index is 12.5. The third-order valence-corrected chi connectivity index (χ3v) is 4.10. The number of carbonyl (C=O) groups excluding carboxylic acids is 3.